The Bertz CT molecular complexity index is 2560. The molecule has 0 radical (unpaired) electrons. The van der Waals surface area contributed by atoms with E-state index in [9.17, 15) is 0 Å². The van der Waals surface area contributed by atoms with Crippen LogP contribution in [-0.2, 0) is 0 Å². The molecule has 0 fully saturated rings. The molecule has 8 aromatic rings. The van der Waals surface area contributed by atoms with Crippen molar-refractivity contribution in [1.82, 2.24) is 0 Å². The molecule has 0 atom stereocenters. The smallest absolute Gasteiger partial charge is 0.113 e. The molecule has 2 aliphatic rings. The van der Waals surface area contributed by atoms with Gasteiger partial charge in [0.25, 0.3) is 0 Å². The molecule has 4 heteroatoms. The third-order valence-electron chi connectivity index (χ3n) is 12.4. The maximum absolute atomic E-state index is 2.51. The first-order valence-corrected chi connectivity index (χ1v) is 26.3. The van der Waals surface area contributed by atoms with Crippen molar-refractivity contribution in [2.75, 3.05) is 9.80 Å². The molecule has 0 N–H and O–H groups in total. The monoisotopic (exact) mass is 778 g/mol. The molecule has 0 amide bonds. The van der Waals surface area contributed by atoms with Gasteiger partial charge in [-0.25, -0.2) is 0 Å². The van der Waals surface area contributed by atoms with Crippen molar-refractivity contribution in [1.29, 1.82) is 0 Å². The molecule has 0 saturated heterocycles. The van der Waals surface area contributed by atoms with Gasteiger partial charge in [-0.3, -0.25) is 0 Å². The number of fused-ring (bicyclic) bond motifs is 6. The fourth-order valence-electron chi connectivity index (χ4n) is 9.37. The average molecular weight is 779 g/mol. The second-order valence-electron chi connectivity index (χ2n) is 16.7. The van der Waals surface area contributed by atoms with E-state index in [4.69, 9.17) is 0 Å². The molecular formula is C54H46N2Si2. The lowest BCUT2D eigenvalue weighted by Crippen LogP contribution is -2.49. The molecule has 280 valence electrons. The number of hydrogen-bond acceptors (Lipinski definition) is 2. The van der Waals surface area contributed by atoms with Gasteiger partial charge >= 0.3 is 0 Å². The topological polar surface area (TPSA) is 6.48 Å². The van der Waals surface area contributed by atoms with Crippen LogP contribution in [0, 0.1) is 0 Å². The number of benzene rings is 8. The van der Waals surface area contributed by atoms with Gasteiger partial charge < -0.3 is 9.80 Å². The maximum atomic E-state index is 2.51. The highest BCUT2D eigenvalue weighted by Crippen LogP contribution is 2.39. The first-order chi connectivity index (χ1) is 28.3. The normalized spacial score (nSPS) is 14.1. The Labute approximate surface area is 345 Å². The van der Waals surface area contributed by atoms with Gasteiger partial charge in [-0.1, -0.05) is 160 Å². The molecule has 0 aromatic heterocycles. The molecule has 2 heterocycles. The summed E-state index contributed by atoms with van der Waals surface area (Å²) in [6, 6.07) is 71.4. The van der Waals surface area contributed by atoms with Gasteiger partial charge in [0.15, 0.2) is 0 Å². The second kappa shape index (κ2) is 14.2. The van der Waals surface area contributed by atoms with E-state index in [-0.39, 0.29) is 0 Å². The van der Waals surface area contributed by atoms with Crippen LogP contribution in [0.4, 0.5) is 34.1 Å². The van der Waals surface area contributed by atoms with Gasteiger partial charge in [0, 0.05) is 34.1 Å². The second-order valence-corrected chi connectivity index (χ2v) is 25.3. The quantitative estimate of drug-likeness (QED) is 0.112. The highest BCUT2D eigenvalue weighted by Gasteiger charge is 2.39. The zero-order chi connectivity index (χ0) is 39.4. The molecule has 2 nitrogen and oxygen atoms in total. The van der Waals surface area contributed by atoms with E-state index in [0.717, 1.165) is 0 Å². The summed E-state index contributed by atoms with van der Waals surface area (Å²) in [6.07, 6.45) is 4.64. The van der Waals surface area contributed by atoms with Crippen molar-refractivity contribution in [3.05, 3.63) is 205 Å². The van der Waals surface area contributed by atoms with Crippen LogP contribution in [0.25, 0.3) is 34.4 Å². The molecule has 2 aliphatic heterocycles. The fourth-order valence-corrected chi connectivity index (χ4v) is 15.6. The first-order valence-electron chi connectivity index (χ1n) is 20.3. The number of rotatable bonds is 8. The van der Waals surface area contributed by atoms with Crippen molar-refractivity contribution in [3.8, 4) is 22.3 Å². The van der Waals surface area contributed by atoms with Crippen LogP contribution >= 0.6 is 0 Å². The van der Waals surface area contributed by atoms with E-state index in [0.29, 0.717) is 0 Å². The zero-order valence-electron chi connectivity index (χ0n) is 33.5. The average Bonchev–Trinajstić information content (AvgIpc) is 3.63. The molecule has 0 aliphatic carbocycles. The molecule has 0 bridgehead atoms. The fraction of sp³-hybridized carbons (Fsp3) is 0.0741. The molecule has 0 saturated carbocycles. The summed E-state index contributed by atoms with van der Waals surface area (Å²) in [5, 5.41) is 6.03. The van der Waals surface area contributed by atoms with Gasteiger partial charge in [-0.15, -0.1) is 0 Å². The minimum Gasteiger partial charge on any atom is -0.311 e. The van der Waals surface area contributed by atoms with E-state index >= 15 is 0 Å². The van der Waals surface area contributed by atoms with Crippen molar-refractivity contribution < 1.29 is 0 Å². The Balaban J connectivity index is 0.942. The number of para-hydroxylation sites is 4. The van der Waals surface area contributed by atoms with Gasteiger partial charge in [0.05, 0.1) is 0 Å². The van der Waals surface area contributed by atoms with E-state index in [2.05, 4.69) is 242 Å². The number of nitrogens with zero attached hydrogens (tertiary/aromatic N) is 2. The Kier molecular flexibility index (Phi) is 8.78. The largest absolute Gasteiger partial charge is 0.311 e. The summed E-state index contributed by atoms with van der Waals surface area (Å²) in [4.78, 5) is 4.76. The minimum absolute atomic E-state index is 1.17. The maximum Gasteiger partial charge on any atom is 0.113 e. The molecule has 58 heavy (non-hydrogen) atoms. The Morgan fingerprint density at radius 2 is 0.569 bits per heavy atom. The first kappa shape index (κ1) is 35.9. The summed E-state index contributed by atoms with van der Waals surface area (Å²) >= 11 is 0. The van der Waals surface area contributed by atoms with Gasteiger partial charge in [0.1, 0.15) is 16.1 Å². The Morgan fingerprint density at radius 1 is 0.293 bits per heavy atom. The lowest BCUT2D eigenvalue weighted by atomic mass is 10.0. The zero-order valence-corrected chi connectivity index (χ0v) is 35.5. The molecule has 10 rings (SSSR count). The summed E-state index contributed by atoms with van der Waals surface area (Å²) in [5.41, 5.74) is 15.1. The summed E-state index contributed by atoms with van der Waals surface area (Å²) in [7, 11) is -3.97. The third kappa shape index (κ3) is 6.08. The summed E-state index contributed by atoms with van der Waals surface area (Å²) < 4.78 is 0. The van der Waals surface area contributed by atoms with Gasteiger partial charge in [-0.05, 0) is 127 Å². The van der Waals surface area contributed by atoms with E-state index in [1.807, 2.05) is 0 Å². The van der Waals surface area contributed by atoms with Crippen LogP contribution in [0.3, 0.4) is 0 Å². The SMILES string of the molecule is C[Si]1(C)c2cc(C=Cc3ccc4c(c3)[Si](C)(C)c3cc(N(c5ccccc5)c5ccccc5)ccc3-4)ccc2-c2ccc(N(c3ccccc3)c3ccccc3)cc21. The summed E-state index contributed by atoms with van der Waals surface area (Å²) in [6.45, 7) is 10.1. The molecule has 0 unspecified atom stereocenters. The predicted octanol–water partition coefficient (Wildman–Crippen LogP) is 12.4. The van der Waals surface area contributed by atoms with Gasteiger partial charge in [-0.2, -0.15) is 0 Å². The van der Waals surface area contributed by atoms with Crippen LogP contribution in [0.1, 0.15) is 11.1 Å². The van der Waals surface area contributed by atoms with E-state index in [1.54, 1.807) is 0 Å². The summed E-state index contributed by atoms with van der Waals surface area (Å²) in [5.74, 6) is 0. The molecular weight excluding hydrogens is 733 g/mol. The Hall–Kier alpha value is -6.47. The lowest BCUT2D eigenvalue weighted by molar-refractivity contribution is 1.29. The van der Waals surface area contributed by atoms with Crippen LogP contribution in [0.5, 0.6) is 0 Å². The number of hydrogen-bond donors (Lipinski definition) is 0. The van der Waals surface area contributed by atoms with Crippen LogP contribution in [0.2, 0.25) is 26.2 Å². The molecule has 8 aromatic carbocycles. The predicted molar refractivity (Wildman–Crippen MR) is 256 cm³/mol. The van der Waals surface area contributed by atoms with Crippen molar-refractivity contribution in [3.63, 3.8) is 0 Å². The van der Waals surface area contributed by atoms with E-state index in [1.165, 1.54) is 88.3 Å². The van der Waals surface area contributed by atoms with Crippen LogP contribution in [-0.4, -0.2) is 16.1 Å². The van der Waals surface area contributed by atoms with E-state index < -0.39 is 16.1 Å². The van der Waals surface area contributed by atoms with Crippen molar-refractivity contribution >= 4 is 83.2 Å². The van der Waals surface area contributed by atoms with Gasteiger partial charge in [0.2, 0.25) is 0 Å². The van der Waals surface area contributed by atoms with Crippen molar-refractivity contribution in [2.24, 2.45) is 0 Å². The third-order valence-corrected chi connectivity index (χ3v) is 19.5. The highest BCUT2D eigenvalue weighted by atomic mass is 28.3. The van der Waals surface area contributed by atoms with Crippen LogP contribution < -0.4 is 30.5 Å². The van der Waals surface area contributed by atoms with Crippen molar-refractivity contribution in [2.45, 2.75) is 26.2 Å². The lowest BCUT2D eigenvalue weighted by Gasteiger charge is -2.27. The van der Waals surface area contributed by atoms with Crippen LogP contribution in [0.15, 0.2) is 194 Å². The number of anilines is 6. The standard InChI is InChI=1S/C54H46N2Si2/c1-57(2)51-35-39(27-31-47(51)49-33-29-45(37-53(49)57)55(41-17-9-5-10-18-41)42-19-11-6-12-20-42)25-26-40-28-32-48-50-34-30-46(38-54(50)58(3,4)52(48)36-40)56(43-21-13-7-14-22-43)44-23-15-8-16-24-44/h5-38H,1-4H3. The highest BCUT2D eigenvalue weighted by molar-refractivity contribution is 7.04. The minimum atomic E-state index is -1.98. The molecule has 0 spiro atoms. The Morgan fingerprint density at radius 3 is 0.879 bits per heavy atom.